The summed E-state index contributed by atoms with van der Waals surface area (Å²) in [5, 5.41) is 0. The van der Waals surface area contributed by atoms with Gasteiger partial charge in [0.1, 0.15) is 5.69 Å². The Morgan fingerprint density at radius 1 is 1.17 bits per heavy atom. The Morgan fingerprint density at radius 2 is 1.72 bits per heavy atom. The topological polar surface area (TPSA) is 16.1 Å². The zero-order valence-corrected chi connectivity index (χ0v) is 12.1. The molecule has 0 aromatic carbocycles. The third-order valence-electron chi connectivity index (χ3n) is 2.95. The Balaban J connectivity index is 0.00000137. The second-order valence-corrected chi connectivity index (χ2v) is 4.21. The van der Waals surface area contributed by atoms with Crippen molar-refractivity contribution in [2.45, 2.75) is 53.1 Å². The number of hydrogen-bond acceptors (Lipinski definition) is 2. The number of hydrogen-bond donors (Lipinski definition) is 0. The summed E-state index contributed by atoms with van der Waals surface area (Å²) >= 11 is 0. The second-order valence-electron chi connectivity index (χ2n) is 4.21. The molecule has 1 atom stereocenters. The van der Waals surface area contributed by atoms with Gasteiger partial charge in [-0.25, -0.2) is 8.78 Å². The molecule has 0 fully saturated rings. The first-order valence-corrected chi connectivity index (χ1v) is 6.40. The van der Waals surface area contributed by atoms with E-state index in [-0.39, 0.29) is 11.7 Å². The van der Waals surface area contributed by atoms with Gasteiger partial charge < -0.3 is 0 Å². The highest BCUT2D eigenvalue weighted by Gasteiger charge is 2.22. The molecule has 18 heavy (non-hydrogen) atoms. The minimum absolute atomic E-state index is 0.0577. The van der Waals surface area contributed by atoms with Gasteiger partial charge in [-0.15, -0.1) is 0 Å². The van der Waals surface area contributed by atoms with Crippen molar-refractivity contribution >= 4 is 0 Å². The van der Waals surface area contributed by atoms with Crippen LogP contribution in [0.1, 0.15) is 58.3 Å². The molecule has 0 spiro atoms. The highest BCUT2D eigenvalue weighted by atomic mass is 19.3. The molecule has 1 unspecified atom stereocenters. The van der Waals surface area contributed by atoms with E-state index in [9.17, 15) is 8.78 Å². The largest absolute Gasteiger partial charge is 0.297 e. The summed E-state index contributed by atoms with van der Waals surface area (Å²) in [5.74, 6) is 0. The number of rotatable bonds is 4. The van der Waals surface area contributed by atoms with Gasteiger partial charge in [0.25, 0.3) is 6.43 Å². The molecule has 1 rings (SSSR count). The van der Waals surface area contributed by atoms with Gasteiger partial charge in [0.2, 0.25) is 0 Å². The van der Waals surface area contributed by atoms with Crippen LogP contribution < -0.4 is 0 Å². The zero-order chi connectivity index (χ0) is 14.3. The zero-order valence-electron chi connectivity index (χ0n) is 12.1. The van der Waals surface area contributed by atoms with Gasteiger partial charge >= 0.3 is 0 Å². The van der Waals surface area contributed by atoms with E-state index in [2.05, 4.69) is 4.98 Å². The van der Waals surface area contributed by atoms with E-state index in [4.69, 9.17) is 0 Å². The lowest BCUT2D eigenvalue weighted by atomic mass is 10.0. The molecular weight excluding hydrogens is 234 g/mol. The fraction of sp³-hybridized carbons (Fsp3) is 0.643. The van der Waals surface area contributed by atoms with Crippen LogP contribution >= 0.6 is 0 Å². The van der Waals surface area contributed by atoms with Gasteiger partial charge in [-0.2, -0.15) is 0 Å². The van der Waals surface area contributed by atoms with Crippen molar-refractivity contribution in [3.8, 4) is 0 Å². The van der Waals surface area contributed by atoms with Crippen LogP contribution in [0.15, 0.2) is 18.3 Å². The maximum Gasteiger partial charge on any atom is 0.280 e. The van der Waals surface area contributed by atoms with Crippen LogP contribution in [0.5, 0.6) is 0 Å². The van der Waals surface area contributed by atoms with Crippen LogP contribution in [-0.2, 0) is 0 Å². The molecule has 0 aliphatic carbocycles. The molecular formula is C14H24F2N2. The van der Waals surface area contributed by atoms with E-state index >= 15 is 0 Å². The van der Waals surface area contributed by atoms with Crippen LogP contribution in [-0.4, -0.2) is 23.0 Å². The van der Waals surface area contributed by atoms with Crippen LogP contribution in [0.2, 0.25) is 0 Å². The van der Waals surface area contributed by atoms with Crippen molar-refractivity contribution in [2.75, 3.05) is 7.05 Å². The Morgan fingerprint density at radius 3 is 2.17 bits per heavy atom. The number of alkyl halides is 2. The first kappa shape index (κ1) is 17.0. The Bertz CT molecular complexity index is 340. The second kappa shape index (κ2) is 8.14. The smallest absolute Gasteiger partial charge is 0.280 e. The average Bonchev–Trinajstić information content (AvgIpc) is 2.39. The van der Waals surface area contributed by atoms with Gasteiger partial charge in [0.15, 0.2) is 0 Å². The van der Waals surface area contributed by atoms with E-state index in [0.29, 0.717) is 11.6 Å². The molecule has 0 radical (unpaired) electrons. The molecule has 4 heteroatoms. The minimum Gasteiger partial charge on any atom is -0.297 e. The van der Waals surface area contributed by atoms with Gasteiger partial charge in [-0.3, -0.25) is 9.88 Å². The summed E-state index contributed by atoms with van der Waals surface area (Å²) < 4.78 is 25.5. The number of pyridine rings is 1. The Hall–Kier alpha value is -1.03. The predicted molar refractivity (Wildman–Crippen MR) is 71.9 cm³/mol. The monoisotopic (exact) mass is 258 g/mol. The van der Waals surface area contributed by atoms with Gasteiger partial charge in [-0.1, -0.05) is 19.9 Å². The maximum absolute atomic E-state index is 12.8. The van der Waals surface area contributed by atoms with Crippen LogP contribution in [0.25, 0.3) is 0 Å². The summed E-state index contributed by atoms with van der Waals surface area (Å²) in [6.07, 6.45) is -1.10. The predicted octanol–water partition coefficient (Wildman–Crippen LogP) is 4.45. The third kappa shape index (κ3) is 4.33. The van der Waals surface area contributed by atoms with Crippen molar-refractivity contribution in [1.82, 2.24) is 9.88 Å². The molecule has 0 saturated carbocycles. The number of nitrogens with zero attached hydrogens (tertiary/aromatic N) is 2. The molecule has 104 valence electrons. The lowest BCUT2D eigenvalue weighted by Gasteiger charge is -2.29. The van der Waals surface area contributed by atoms with Gasteiger partial charge in [-0.05, 0) is 39.4 Å². The summed E-state index contributed by atoms with van der Waals surface area (Å²) in [6, 6.07) is 3.67. The van der Waals surface area contributed by atoms with Crippen LogP contribution in [0.4, 0.5) is 8.78 Å². The summed E-state index contributed by atoms with van der Waals surface area (Å²) in [7, 11) is 1.93. The van der Waals surface area contributed by atoms with Crippen molar-refractivity contribution in [2.24, 2.45) is 0 Å². The third-order valence-corrected chi connectivity index (χ3v) is 2.95. The van der Waals surface area contributed by atoms with Crippen LogP contribution in [0, 0.1) is 0 Å². The molecule has 2 nitrogen and oxygen atoms in total. The molecule has 0 aliphatic rings. The lowest BCUT2D eigenvalue weighted by Crippen LogP contribution is -2.30. The van der Waals surface area contributed by atoms with E-state index in [1.807, 2.05) is 46.6 Å². The number of halogens is 2. The fourth-order valence-electron chi connectivity index (χ4n) is 1.63. The molecule has 0 aliphatic heterocycles. The Kier molecular flexibility index (Phi) is 7.67. The Labute approximate surface area is 109 Å². The highest BCUT2D eigenvalue weighted by Crippen LogP contribution is 2.28. The molecule has 0 N–H and O–H groups in total. The molecule has 0 saturated heterocycles. The summed E-state index contributed by atoms with van der Waals surface area (Å²) in [6.45, 7) is 9.99. The van der Waals surface area contributed by atoms with E-state index in [1.165, 1.54) is 6.20 Å². The summed E-state index contributed by atoms with van der Waals surface area (Å²) in [5.41, 5.74) is 0.496. The molecule has 0 bridgehead atoms. The first-order valence-electron chi connectivity index (χ1n) is 6.40. The van der Waals surface area contributed by atoms with E-state index < -0.39 is 6.43 Å². The molecule has 0 amide bonds. The standard InChI is InChI=1S/C12H18F2N2.C2H6/c1-8(2)16(4)9(3)10-6-5-7-15-11(10)12(13)14;1-2/h5-9,12H,1-4H3;1-2H3. The number of aromatic nitrogens is 1. The van der Waals surface area contributed by atoms with Crippen molar-refractivity contribution in [1.29, 1.82) is 0 Å². The van der Waals surface area contributed by atoms with E-state index in [0.717, 1.165) is 0 Å². The molecule has 1 aromatic heterocycles. The van der Waals surface area contributed by atoms with Crippen molar-refractivity contribution in [3.63, 3.8) is 0 Å². The normalized spacial score (nSPS) is 12.6. The first-order chi connectivity index (χ1) is 8.45. The van der Waals surface area contributed by atoms with Gasteiger partial charge in [0, 0.05) is 18.3 Å². The minimum atomic E-state index is -2.51. The average molecular weight is 258 g/mol. The fourth-order valence-corrected chi connectivity index (χ4v) is 1.63. The van der Waals surface area contributed by atoms with Crippen LogP contribution in [0.3, 0.4) is 0 Å². The van der Waals surface area contributed by atoms with Crippen molar-refractivity contribution in [3.05, 3.63) is 29.6 Å². The SMILES string of the molecule is CC.CC(C)N(C)C(C)c1cccnc1C(F)F. The molecule has 1 heterocycles. The maximum atomic E-state index is 12.8. The molecule has 1 aromatic rings. The quantitative estimate of drug-likeness (QED) is 0.793. The van der Waals surface area contributed by atoms with Crippen molar-refractivity contribution < 1.29 is 8.78 Å². The van der Waals surface area contributed by atoms with Gasteiger partial charge in [0.05, 0.1) is 0 Å². The highest BCUT2D eigenvalue weighted by molar-refractivity contribution is 5.24. The van der Waals surface area contributed by atoms with E-state index in [1.54, 1.807) is 12.1 Å². The lowest BCUT2D eigenvalue weighted by molar-refractivity contribution is 0.139. The summed E-state index contributed by atoms with van der Waals surface area (Å²) in [4.78, 5) is 5.81.